The van der Waals surface area contributed by atoms with E-state index >= 15 is 0 Å². The maximum atomic E-state index is 12.3. The number of carbonyl (C=O) groups excluding carboxylic acids is 1. The Morgan fingerprint density at radius 2 is 2.10 bits per heavy atom. The minimum absolute atomic E-state index is 0.0838. The molecule has 4 nitrogen and oxygen atoms in total. The molecule has 0 saturated heterocycles. The third kappa shape index (κ3) is 4.61. The molecule has 118 valence electrons. The van der Waals surface area contributed by atoms with Crippen LogP contribution in [-0.4, -0.2) is 26.4 Å². The van der Waals surface area contributed by atoms with Crippen LogP contribution >= 0.6 is 11.3 Å². The summed E-state index contributed by atoms with van der Waals surface area (Å²) in [5.41, 5.74) is 0.836. The Kier molecular flexibility index (Phi) is 5.93. The molecule has 0 aromatic carbocycles. The SMILES string of the molecule is CC(C)c1nc(CS(=O)C(C)C(=O)NC2CCCC2)cs1. The molecule has 0 bridgehead atoms. The monoisotopic (exact) mass is 328 g/mol. The fraction of sp³-hybridized carbons (Fsp3) is 0.733. The molecule has 1 fully saturated rings. The van der Waals surface area contributed by atoms with Gasteiger partial charge in [-0.3, -0.25) is 9.00 Å². The smallest absolute Gasteiger partial charge is 0.235 e. The lowest BCUT2D eigenvalue weighted by atomic mass is 10.2. The van der Waals surface area contributed by atoms with Crippen molar-refractivity contribution in [2.24, 2.45) is 0 Å². The van der Waals surface area contributed by atoms with E-state index in [1.54, 1.807) is 18.3 Å². The fourth-order valence-electron chi connectivity index (χ4n) is 2.43. The molecule has 21 heavy (non-hydrogen) atoms. The Balaban J connectivity index is 1.87. The van der Waals surface area contributed by atoms with E-state index in [-0.39, 0.29) is 11.9 Å². The summed E-state index contributed by atoms with van der Waals surface area (Å²) in [6.07, 6.45) is 4.46. The molecular weight excluding hydrogens is 304 g/mol. The van der Waals surface area contributed by atoms with E-state index in [1.807, 2.05) is 5.38 Å². The van der Waals surface area contributed by atoms with Crippen LogP contribution < -0.4 is 5.32 Å². The summed E-state index contributed by atoms with van der Waals surface area (Å²) in [6.45, 7) is 5.94. The van der Waals surface area contributed by atoms with Crippen LogP contribution in [0.1, 0.15) is 63.1 Å². The summed E-state index contributed by atoms with van der Waals surface area (Å²) in [7, 11) is -1.21. The number of hydrogen-bond donors (Lipinski definition) is 1. The average Bonchev–Trinajstić information content (AvgIpc) is 3.09. The van der Waals surface area contributed by atoms with Gasteiger partial charge in [-0.2, -0.15) is 0 Å². The number of thiazole rings is 1. The molecule has 2 atom stereocenters. The highest BCUT2D eigenvalue weighted by atomic mass is 32.2. The third-order valence-electron chi connectivity index (χ3n) is 3.82. The van der Waals surface area contributed by atoms with Crippen LogP contribution in [0.4, 0.5) is 0 Å². The largest absolute Gasteiger partial charge is 0.352 e. The molecule has 1 aromatic heterocycles. The maximum Gasteiger partial charge on any atom is 0.235 e. The fourth-order valence-corrected chi connectivity index (χ4v) is 4.37. The van der Waals surface area contributed by atoms with Gasteiger partial charge in [-0.05, 0) is 19.8 Å². The molecule has 0 aliphatic heterocycles. The number of rotatable bonds is 6. The second-order valence-corrected chi connectivity index (χ2v) is 8.64. The van der Waals surface area contributed by atoms with Crippen molar-refractivity contribution in [2.75, 3.05) is 0 Å². The number of amides is 1. The lowest BCUT2D eigenvalue weighted by Gasteiger charge is -2.16. The molecule has 2 unspecified atom stereocenters. The third-order valence-corrected chi connectivity index (χ3v) is 6.60. The van der Waals surface area contributed by atoms with Gasteiger partial charge in [0.25, 0.3) is 0 Å². The normalized spacial score (nSPS) is 18.9. The standard InChI is InChI=1S/C15H24N2O2S2/c1-10(2)15-17-13(8-20-15)9-21(19)11(3)14(18)16-12-6-4-5-7-12/h8,10-12H,4-7,9H2,1-3H3,(H,16,18). The first-order valence-electron chi connectivity index (χ1n) is 7.59. The summed E-state index contributed by atoms with van der Waals surface area (Å²) in [4.78, 5) is 16.6. The Labute approximate surface area is 133 Å². The lowest BCUT2D eigenvalue weighted by molar-refractivity contribution is -0.121. The molecule has 1 aliphatic rings. The Hall–Kier alpha value is -0.750. The number of nitrogens with zero attached hydrogens (tertiary/aromatic N) is 1. The van der Waals surface area contributed by atoms with E-state index in [4.69, 9.17) is 0 Å². The van der Waals surface area contributed by atoms with Gasteiger partial charge in [0.2, 0.25) is 5.91 Å². The van der Waals surface area contributed by atoms with Crippen molar-refractivity contribution in [1.29, 1.82) is 0 Å². The van der Waals surface area contributed by atoms with Crippen molar-refractivity contribution in [3.05, 3.63) is 16.1 Å². The maximum absolute atomic E-state index is 12.3. The van der Waals surface area contributed by atoms with Gasteiger partial charge in [0.05, 0.1) is 16.5 Å². The Morgan fingerprint density at radius 3 is 2.67 bits per heavy atom. The van der Waals surface area contributed by atoms with Crippen molar-refractivity contribution in [3.63, 3.8) is 0 Å². The van der Waals surface area contributed by atoms with Gasteiger partial charge >= 0.3 is 0 Å². The van der Waals surface area contributed by atoms with Gasteiger partial charge < -0.3 is 5.32 Å². The molecule has 2 rings (SSSR count). The molecule has 0 spiro atoms. The van der Waals surface area contributed by atoms with Gasteiger partial charge in [-0.1, -0.05) is 26.7 Å². The highest BCUT2D eigenvalue weighted by molar-refractivity contribution is 7.85. The Bertz CT molecular complexity index is 508. The highest BCUT2D eigenvalue weighted by Gasteiger charge is 2.25. The van der Waals surface area contributed by atoms with E-state index in [2.05, 4.69) is 24.1 Å². The summed E-state index contributed by atoms with van der Waals surface area (Å²) in [6, 6.07) is 0.281. The second-order valence-electron chi connectivity index (χ2n) is 5.99. The predicted octanol–water partition coefficient (Wildman–Crippen LogP) is 2.96. The van der Waals surface area contributed by atoms with Gasteiger partial charge in [-0.25, -0.2) is 4.98 Å². The van der Waals surface area contributed by atoms with Crippen LogP contribution in [0.5, 0.6) is 0 Å². The zero-order valence-electron chi connectivity index (χ0n) is 12.9. The summed E-state index contributed by atoms with van der Waals surface area (Å²) >= 11 is 1.60. The molecule has 1 saturated carbocycles. The van der Waals surface area contributed by atoms with Crippen LogP contribution in [0.15, 0.2) is 5.38 Å². The van der Waals surface area contributed by atoms with E-state index in [1.165, 1.54) is 12.8 Å². The molecule has 1 aromatic rings. The van der Waals surface area contributed by atoms with E-state index in [0.717, 1.165) is 23.5 Å². The van der Waals surface area contributed by atoms with Crippen LogP contribution in [0.25, 0.3) is 0 Å². The van der Waals surface area contributed by atoms with E-state index in [0.29, 0.717) is 11.7 Å². The predicted molar refractivity (Wildman–Crippen MR) is 87.9 cm³/mol. The topological polar surface area (TPSA) is 59.1 Å². The van der Waals surface area contributed by atoms with Crippen molar-refractivity contribution in [3.8, 4) is 0 Å². The zero-order valence-corrected chi connectivity index (χ0v) is 14.6. The molecule has 1 heterocycles. The van der Waals surface area contributed by atoms with Crippen molar-refractivity contribution >= 4 is 28.0 Å². The van der Waals surface area contributed by atoms with Gasteiger partial charge in [-0.15, -0.1) is 11.3 Å². The zero-order chi connectivity index (χ0) is 15.4. The van der Waals surface area contributed by atoms with Crippen LogP contribution in [-0.2, 0) is 21.3 Å². The van der Waals surface area contributed by atoms with Crippen LogP contribution in [0, 0.1) is 0 Å². The van der Waals surface area contributed by atoms with Gasteiger partial charge in [0.15, 0.2) is 0 Å². The van der Waals surface area contributed by atoms with E-state index in [9.17, 15) is 9.00 Å². The summed E-state index contributed by atoms with van der Waals surface area (Å²) < 4.78 is 12.3. The molecule has 1 amide bonds. The molecular formula is C15H24N2O2S2. The first-order valence-corrected chi connectivity index (χ1v) is 9.85. The van der Waals surface area contributed by atoms with Gasteiger partial charge in [0.1, 0.15) is 5.25 Å². The molecule has 6 heteroatoms. The van der Waals surface area contributed by atoms with E-state index < -0.39 is 16.0 Å². The van der Waals surface area contributed by atoms with Crippen molar-refractivity contribution < 1.29 is 9.00 Å². The molecule has 1 aliphatic carbocycles. The lowest BCUT2D eigenvalue weighted by Crippen LogP contribution is -2.40. The first kappa shape index (κ1) is 16.6. The van der Waals surface area contributed by atoms with Crippen LogP contribution in [0.2, 0.25) is 0 Å². The summed E-state index contributed by atoms with van der Waals surface area (Å²) in [5, 5.41) is 5.56. The number of carbonyl (C=O) groups is 1. The number of aromatic nitrogens is 1. The average molecular weight is 329 g/mol. The van der Waals surface area contributed by atoms with Crippen molar-refractivity contribution in [2.45, 2.75) is 69.4 Å². The quantitative estimate of drug-likeness (QED) is 0.873. The first-order chi connectivity index (χ1) is 9.97. The highest BCUT2D eigenvalue weighted by Crippen LogP contribution is 2.21. The van der Waals surface area contributed by atoms with Crippen LogP contribution in [0.3, 0.4) is 0 Å². The molecule has 1 N–H and O–H groups in total. The minimum atomic E-state index is -1.21. The molecule has 0 radical (unpaired) electrons. The number of nitrogens with one attached hydrogen (secondary N) is 1. The minimum Gasteiger partial charge on any atom is -0.352 e. The van der Waals surface area contributed by atoms with Gasteiger partial charge in [0, 0.05) is 28.1 Å². The summed E-state index contributed by atoms with van der Waals surface area (Å²) in [5.74, 6) is 0.669. The van der Waals surface area contributed by atoms with Crippen molar-refractivity contribution in [1.82, 2.24) is 10.3 Å². The number of hydrogen-bond acceptors (Lipinski definition) is 4. The second kappa shape index (κ2) is 7.49. The Morgan fingerprint density at radius 1 is 1.43 bits per heavy atom.